The molecule has 0 aromatic heterocycles. The van der Waals surface area contributed by atoms with Crippen molar-refractivity contribution in [2.45, 2.75) is 38.8 Å². The number of carbonyl (C=O) groups excluding carboxylic acids is 1. The van der Waals surface area contributed by atoms with E-state index in [-0.39, 0.29) is 17.7 Å². The molecule has 3 rings (SSSR count). The van der Waals surface area contributed by atoms with Gasteiger partial charge in [-0.15, -0.1) is 0 Å². The number of ether oxygens (including phenoxy) is 2. The first-order valence-corrected chi connectivity index (χ1v) is 8.37. The van der Waals surface area contributed by atoms with Gasteiger partial charge in [0, 0.05) is 23.7 Å². The Morgan fingerprint density at radius 2 is 2.04 bits per heavy atom. The van der Waals surface area contributed by atoms with Gasteiger partial charge in [-0.3, -0.25) is 0 Å². The highest BCUT2D eigenvalue weighted by Gasteiger charge is 2.34. The van der Waals surface area contributed by atoms with Gasteiger partial charge >= 0.3 is 6.03 Å². The molecule has 1 unspecified atom stereocenters. The molecule has 1 atom stereocenters. The summed E-state index contributed by atoms with van der Waals surface area (Å²) in [4.78, 5) is 12.5. The maximum Gasteiger partial charge on any atom is 0.319 e. The zero-order valence-corrected chi connectivity index (χ0v) is 15.1. The summed E-state index contributed by atoms with van der Waals surface area (Å²) in [7, 11) is 1.60. The van der Waals surface area contributed by atoms with E-state index in [0.29, 0.717) is 17.9 Å². The van der Waals surface area contributed by atoms with E-state index in [4.69, 9.17) is 9.47 Å². The predicted octanol–water partition coefficient (Wildman–Crippen LogP) is 4.43. The van der Waals surface area contributed by atoms with Gasteiger partial charge in [-0.2, -0.15) is 0 Å². The summed E-state index contributed by atoms with van der Waals surface area (Å²) >= 11 is 0. The monoisotopic (exact) mass is 340 g/mol. The summed E-state index contributed by atoms with van der Waals surface area (Å²) in [5, 5.41) is 5.94. The summed E-state index contributed by atoms with van der Waals surface area (Å²) in [5.41, 5.74) is 2.51. The Bertz CT molecular complexity index is 786. The van der Waals surface area contributed by atoms with Crippen LogP contribution in [-0.2, 0) is 0 Å². The van der Waals surface area contributed by atoms with Crippen molar-refractivity contribution in [3.05, 3.63) is 53.6 Å². The summed E-state index contributed by atoms with van der Waals surface area (Å²) in [6.07, 6.45) is 0.703. The number of rotatable bonds is 3. The lowest BCUT2D eigenvalue weighted by atomic mass is 9.89. The minimum Gasteiger partial charge on any atom is -0.497 e. The number of fused-ring (bicyclic) bond motifs is 1. The summed E-state index contributed by atoms with van der Waals surface area (Å²) in [6.45, 7) is 6.10. The zero-order valence-electron chi connectivity index (χ0n) is 15.1. The van der Waals surface area contributed by atoms with E-state index in [1.165, 1.54) is 0 Å². The molecule has 2 aromatic carbocycles. The molecule has 1 heterocycles. The molecule has 1 aliphatic heterocycles. The third-order valence-electron chi connectivity index (χ3n) is 4.26. The number of anilines is 1. The molecule has 1 aliphatic rings. The van der Waals surface area contributed by atoms with Crippen LogP contribution in [0.2, 0.25) is 0 Å². The molecule has 132 valence electrons. The lowest BCUT2D eigenvalue weighted by Crippen LogP contribution is -2.42. The van der Waals surface area contributed by atoms with Crippen LogP contribution in [0.3, 0.4) is 0 Å². The molecular formula is C20H24N2O3. The van der Waals surface area contributed by atoms with Gasteiger partial charge in [0.1, 0.15) is 17.1 Å². The summed E-state index contributed by atoms with van der Waals surface area (Å²) in [6, 6.07) is 13.0. The van der Waals surface area contributed by atoms with E-state index in [1.54, 1.807) is 13.2 Å². The lowest BCUT2D eigenvalue weighted by molar-refractivity contribution is 0.0682. The zero-order chi connectivity index (χ0) is 18.0. The number of urea groups is 1. The van der Waals surface area contributed by atoms with Gasteiger partial charge in [-0.25, -0.2) is 4.79 Å². The van der Waals surface area contributed by atoms with Crippen LogP contribution in [0.4, 0.5) is 10.5 Å². The fourth-order valence-electron chi connectivity index (χ4n) is 3.13. The van der Waals surface area contributed by atoms with Crippen LogP contribution in [0.15, 0.2) is 42.5 Å². The first kappa shape index (κ1) is 17.1. The standard InChI is InChI=1S/C20H24N2O3/c1-13-8-9-18-16(10-13)17(12-20(2,3)25-18)22-19(23)21-14-6-5-7-15(11-14)24-4/h5-11,17H,12H2,1-4H3,(H2,21,22,23). The summed E-state index contributed by atoms with van der Waals surface area (Å²) in [5.74, 6) is 1.53. The van der Waals surface area contributed by atoms with E-state index < -0.39 is 0 Å². The molecule has 5 heteroatoms. The van der Waals surface area contributed by atoms with Gasteiger partial charge in [0.2, 0.25) is 0 Å². The Balaban J connectivity index is 1.77. The lowest BCUT2D eigenvalue weighted by Gasteiger charge is -2.38. The quantitative estimate of drug-likeness (QED) is 0.869. The molecule has 0 bridgehead atoms. The number of aryl methyl sites for hydroxylation is 1. The van der Waals surface area contributed by atoms with Crippen molar-refractivity contribution in [2.75, 3.05) is 12.4 Å². The van der Waals surface area contributed by atoms with Crippen molar-refractivity contribution in [3.8, 4) is 11.5 Å². The number of methoxy groups -OCH3 is 1. The second-order valence-corrected chi connectivity index (χ2v) is 6.99. The van der Waals surface area contributed by atoms with Gasteiger partial charge in [0.05, 0.1) is 13.2 Å². The number of nitrogens with one attached hydrogen (secondary N) is 2. The van der Waals surface area contributed by atoms with E-state index in [9.17, 15) is 4.79 Å². The fraction of sp³-hybridized carbons (Fsp3) is 0.350. The molecule has 0 spiro atoms. The first-order valence-electron chi connectivity index (χ1n) is 8.37. The molecule has 5 nitrogen and oxygen atoms in total. The topological polar surface area (TPSA) is 59.6 Å². The fourth-order valence-corrected chi connectivity index (χ4v) is 3.13. The molecule has 2 aromatic rings. The highest BCUT2D eigenvalue weighted by Crippen LogP contribution is 2.39. The number of benzene rings is 2. The molecule has 25 heavy (non-hydrogen) atoms. The highest BCUT2D eigenvalue weighted by molar-refractivity contribution is 5.89. The van der Waals surface area contributed by atoms with Crippen LogP contribution in [0, 0.1) is 6.92 Å². The Kier molecular flexibility index (Phi) is 4.57. The molecule has 0 fully saturated rings. The van der Waals surface area contributed by atoms with Gasteiger partial charge in [0.25, 0.3) is 0 Å². The third kappa shape index (κ3) is 4.05. The van der Waals surface area contributed by atoms with E-state index in [2.05, 4.69) is 16.7 Å². The van der Waals surface area contributed by atoms with Gasteiger partial charge in [-0.05, 0) is 39.0 Å². The predicted molar refractivity (Wildman–Crippen MR) is 98.4 cm³/mol. The molecule has 0 aliphatic carbocycles. The van der Waals surface area contributed by atoms with Gasteiger partial charge in [-0.1, -0.05) is 23.8 Å². The normalized spacial score (nSPS) is 17.8. The maximum atomic E-state index is 12.5. The Morgan fingerprint density at radius 3 is 2.80 bits per heavy atom. The van der Waals surface area contributed by atoms with Crippen molar-refractivity contribution in [2.24, 2.45) is 0 Å². The highest BCUT2D eigenvalue weighted by atomic mass is 16.5. The second-order valence-electron chi connectivity index (χ2n) is 6.99. The average molecular weight is 340 g/mol. The smallest absolute Gasteiger partial charge is 0.319 e. The van der Waals surface area contributed by atoms with Gasteiger partial charge < -0.3 is 20.1 Å². The van der Waals surface area contributed by atoms with Crippen molar-refractivity contribution >= 4 is 11.7 Å². The largest absolute Gasteiger partial charge is 0.497 e. The van der Waals surface area contributed by atoms with Crippen LogP contribution < -0.4 is 20.1 Å². The Hall–Kier alpha value is -2.69. The molecule has 0 radical (unpaired) electrons. The maximum absolute atomic E-state index is 12.5. The first-order chi connectivity index (χ1) is 11.9. The Labute approximate surface area is 148 Å². The second kappa shape index (κ2) is 6.67. The molecular weight excluding hydrogens is 316 g/mol. The van der Waals surface area contributed by atoms with Crippen molar-refractivity contribution in [1.82, 2.24) is 5.32 Å². The van der Waals surface area contributed by atoms with Gasteiger partial charge in [0.15, 0.2) is 0 Å². The van der Waals surface area contributed by atoms with Crippen LogP contribution >= 0.6 is 0 Å². The molecule has 0 saturated heterocycles. The van der Waals surface area contributed by atoms with Crippen LogP contribution in [0.5, 0.6) is 11.5 Å². The van der Waals surface area contributed by atoms with Crippen molar-refractivity contribution in [3.63, 3.8) is 0 Å². The number of hydrogen-bond acceptors (Lipinski definition) is 3. The third-order valence-corrected chi connectivity index (χ3v) is 4.26. The number of hydrogen-bond donors (Lipinski definition) is 2. The van der Waals surface area contributed by atoms with Crippen molar-refractivity contribution in [1.29, 1.82) is 0 Å². The van der Waals surface area contributed by atoms with Crippen LogP contribution in [0.1, 0.15) is 37.4 Å². The minimum absolute atomic E-state index is 0.107. The van der Waals surface area contributed by atoms with E-state index in [1.807, 2.05) is 51.1 Å². The Morgan fingerprint density at radius 1 is 1.24 bits per heavy atom. The summed E-state index contributed by atoms with van der Waals surface area (Å²) < 4.78 is 11.2. The average Bonchev–Trinajstić information content (AvgIpc) is 2.55. The minimum atomic E-state index is -0.337. The van der Waals surface area contributed by atoms with Crippen molar-refractivity contribution < 1.29 is 14.3 Å². The SMILES string of the molecule is COc1cccc(NC(=O)NC2CC(C)(C)Oc3ccc(C)cc32)c1. The molecule has 0 saturated carbocycles. The number of carbonyl (C=O) groups is 1. The molecule has 2 N–H and O–H groups in total. The molecule has 2 amide bonds. The van der Waals surface area contributed by atoms with Crippen LogP contribution in [0.25, 0.3) is 0 Å². The number of amides is 2. The van der Waals surface area contributed by atoms with Crippen LogP contribution in [-0.4, -0.2) is 18.7 Å². The van der Waals surface area contributed by atoms with E-state index >= 15 is 0 Å². The van der Waals surface area contributed by atoms with E-state index in [0.717, 1.165) is 16.9 Å².